The normalized spacial score (nSPS) is 16.2. The predicted molar refractivity (Wildman–Crippen MR) is 176 cm³/mol. The fourth-order valence-electron chi connectivity index (χ4n) is 6.49. The van der Waals surface area contributed by atoms with Crippen molar-refractivity contribution in [3.63, 3.8) is 0 Å². The number of ether oxygens (including phenoxy) is 2. The van der Waals surface area contributed by atoms with Gasteiger partial charge in [-0.15, -0.1) is 13.6 Å². The van der Waals surface area contributed by atoms with Crippen LogP contribution in [-0.2, 0) is 0 Å². The number of fused-ring (bicyclic) bond motifs is 2. The molecule has 3 aromatic rings. The third-order valence-electron chi connectivity index (χ3n) is 8.16. The summed E-state index contributed by atoms with van der Waals surface area (Å²) in [4.78, 5) is 0. The first-order valence-electron chi connectivity index (χ1n) is 14.9. The van der Waals surface area contributed by atoms with Crippen LogP contribution in [-0.4, -0.2) is 34.8 Å². The maximum Gasteiger partial charge on any atom is 0.373 e. The second-order valence-corrected chi connectivity index (χ2v) is 12.2. The SMILES string of the molecule is CCOc1ccc(/C=C/c2cc(C)c3n2[B-](C)(C)[N+]2=C(/C=C/c4ccc(OC)cc4)C=C(C)C2=C3CC(C)C)cc1. The van der Waals surface area contributed by atoms with Crippen LogP contribution in [0.15, 0.2) is 78.0 Å². The zero-order valence-electron chi connectivity index (χ0n) is 25.9. The average Bonchev–Trinajstić information content (AvgIpc) is 3.47. The Morgan fingerprint density at radius 3 is 2.07 bits per heavy atom. The van der Waals surface area contributed by atoms with E-state index >= 15 is 0 Å². The fourth-order valence-corrected chi connectivity index (χ4v) is 6.49. The highest BCUT2D eigenvalue weighted by molar-refractivity contribution is 6.70. The maximum atomic E-state index is 5.63. The van der Waals surface area contributed by atoms with E-state index in [1.165, 1.54) is 39.5 Å². The lowest BCUT2D eigenvalue weighted by atomic mass is 9.48. The molecule has 0 unspecified atom stereocenters. The van der Waals surface area contributed by atoms with E-state index in [2.05, 4.69) is 111 Å². The van der Waals surface area contributed by atoms with Gasteiger partial charge in [-0.1, -0.05) is 44.2 Å². The Morgan fingerprint density at radius 1 is 0.878 bits per heavy atom. The molecule has 0 radical (unpaired) electrons. The number of benzene rings is 2. The molecule has 3 heterocycles. The molecule has 5 heteroatoms. The first-order chi connectivity index (χ1) is 19.6. The zero-order chi connectivity index (χ0) is 29.3. The monoisotopic (exact) mass is 546 g/mol. The molecule has 0 saturated carbocycles. The van der Waals surface area contributed by atoms with Gasteiger partial charge in [-0.2, -0.15) is 0 Å². The Kier molecular flexibility index (Phi) is 7.99. The van der Waals surface area contributed by atoms with Crippen molar-refractivity contribution >= 4 is 35.9 Å². The minimum Gasteiger partial charge on any atom is -0.497 e. The highest BCUT2D eigenvalue weighted by Crippen LogP contribution is 2.43. The highest BCUT2D eigenvalue weighted by Gasteiger charge is 2.45. The molecule has 0 aliphatic carbocycles. The molecular weight excluding hydrogens is 503 g/mol. The van der Waals surface area contributed by atoms with Crippen molar-refractivity contribution < 1.29 is 14.0 Å². The molecule has 212 valence electrons. The molecular formula is C36H43BN2O2. The number of hydrogen-bond donors (Lipinski definition) is 0. The van der Waals surface area contributed by atoms with Crippen molar-refractivity contribution in [2.45, 2.75) is 54.7 Å². The van der Waals surface area contributed by atoms with Crippen LogP contribution in [0.2, 0.25) is 13.6 Å². The van der Waals surface area contributed by atoms with Crippen LogP contribution in [0.4, 0.5) is 0 Å². The van der Waals surface area contributed by atoms with Gasteiger partial charge in [-0.3, -0.25) is 0 Å². The highest BCUT2D eigenvalue weighted by atomic mass is 16.5. The molecule has 4 nitrogen and oxygen atoms in total. The van der Waals surface area contributed by atoms with Crippen LogP contribution in [0.25, 0.3) is 23.8 Å². The van der Waals surface area contributed by atoms with Gasteiger partial charge < -0.3 is 18.4 Å². The number of methoxy groups -OCH3 is 1. The van der Waals surface area contributed by atoms with Crippen LogP contribution in [0.3, 0.4) is 0 Å². The number of rotatable bonds is 9. The molecule has 2 aliphatic heterocycles. The van der Waals surface area contributed by atoms with Gasteiger partial charge in [0.15, 0.2) is 11.4 Å². The third kappa shape index (κ3) is 5.50. The lowest BCUT2D eigenvalue weighted by Gasteiger charge is -2.40. The Bertz CT molecular complexity index is 1590. The molecule has 0 fully saturated rings. The van der Waals surface area contributed by atoms with Gasteiger partial charge in [0.2, 0.25) is 0 Å². The molecule has 41 heavy (non-hydrogen) atoms. The van der Waals surface area contributed by atoms with Crippen molar-refractivity contribution in [1.82, 2.24) is 4.48 Å². The molecule has 0 amide bonds. The fraction of sp³-hybridized carbons (Fsp3) is 0.306. The van der Waals surface area contributed by atoms with Crippen LogP contribution >= 0.6 is 0 Å². The summed E-state index contributed by atoms with van der Waals surface area (Å²) in [5.41, 5.74) is 11.7. The quantitative estimate of drug-likeness (QED) is 0.251. The average molecular weight is 547 g/mol. The molecule has 0 atom stereocenters. The van der Waals surface area contributed by atoms with E-state index in [4.69, 9.17) is 9.47 Å². The van der Waals surface area contributed by atoms with Gasteiger partial charge in [-0.05, 0) is 92.3 Å². The van der Waals surface area contributed by atoms with E-state index in [1.54, 1.807) is 7.11 Å². The van der Waals surface area contributed by atoms with Crippen LogP contribution in [0.5, 0.6) is 11.5 Å². The van der Waals surface area contributed by atoms with E-state index < -0.39 is 6.42 Å². The Morgan fingerprint density at radius 2 is 1.49 bits per heavy atom. The first kappa shape index (κ1) is 28.5. The largest absolute Gasteiger partial charge is 0.497 e. The van der Waals surface area contributed by atoms with Crippen LogP contribution < -0.4 is 9.47 Å². The number of aryl methyl sites for hydroxylation is 1. The van der Waals surface area contributed by atoms with Crippen molar-refractivity contribution in [3.05, 3.63) is 106 Å². The van der Waals surface area contributed by atoms with Gasteiger partial charge in [0.1, 0.15) is 11.5 Å². The van der Waals surface area contributed by atoms with Crippen molar-refractivity contribution in [1.29, 1.82) is 0 Å². The maximum absolute atomic E-state index is 5.63. The standard InChI is InChI=1S/C36H43BN2O2/c1-9-41-33-20-14-29(15-21-33)11-17-31-24-27(5)36-34(22-25(2)3)35-26(4)23-30(38(35)37(6,7)39(31)36)16-10-28-12-18-32(40-8)19-13-28/h10-21,23-25H,9,22H2,1-8H3/b16-10+,17-11+. The van der Waals surface area contributed by atoms with Crippen molar-refractivity contribution in [2.75, 3.05) is 13.7 Å². The van der Waals surface area contributed by atoms with Crippen molar-refractivity contribution in [3.8, 4) is 11.5 Å². The molecule has 2 aromatic carbocycles. The predicted octanol–water partition coefficient (Wildman–Crippen LogP) is 8.82. The number of allylic oxidation sites excluding steroid dienone is 4. The van der Waals surface area contributed by atoms with E-state index in [9.17, 15) is 0 Å². The molecule has 1 aromatic heterocycles. The molecule has 5 rings (SSSR count). The van der Waals surface area contributed by atoms with Gasteiger partial charge >= 0.3 is 6.42 Å². The second-order valence-electron chi connectivity index (χ2n) is 12.2. The molecule has 0 spiro atoms. The van der Waals surface area contributed by atoms with E-state index in [1.807, 2.05) is 31.2 Å². The van der Waals surface area contributed by atoms with Crippen LogP contribution in [0, 0.1) is 12.8 Å². The third-order valence-corrected chi connectivity index (χ3v) is 8.16. The number of hydrogen-bond acceptors (Lipinski definition) is 2. The number of nitrogens with zero attached hydrogens (tertiary/aromatic N) is 2. The Labute approximate surface area is 246 Å². The van der Waals surface area contributed by atoms with Gasteiger partial charge in [0, 0.05) is 34.7 Å². The molecule has 0 N–H and O–H groups in total. The summed E-state index contributed by atoms with van der Waals surface area (Å²) in [6.07, 6.45) is 11.2. The van der Waals surface area contributed by atoms with E-state index in [0.29, 0.717) is 12.5 Å². The van der Waals surface area contributed by atoms with Crippen molar-refractivity contribution in [2.24, 2.45) is 5.92 Å². The van der Waals surface area contributed by atoms with Gasteiger partial charge in [0.25, 0.3) is 0 Å². The molecule has 0 bridgehead atoms. The summed E-state index contributed by atoms with van der Waals surface area (Å²) in [6, 6.07) is 18.9. The second kappa shape index (κ2) is 11.5. The van der Waals surface area contributed by atoms with E-state index in [-0.39, 0.29) is 0 Å². The summed E-state index contributed by atoms with van der Waals surface area (Å²) in [5, 5.41) is 0. The Balaban J connectivity index is 1.62. The smallest absolute Gasteiger partial charge is 0.373 e. The first-order valence-corrected chi connectivity index (χ1v) is 14.9. The van der Waals surface area contributed by atoms with E-state index in [0.717, 1.165) is 29.0 Å². The lowest BCUT2D eigenvalue weighted by Crippen LogP contribution is -2.53. The summed E-state index contributed by atoms with van der Waals surface area (Å²) in [6.45, 7) is 16.7. The topological polar surface area (TPSA) is 26.4 Å². The molecule has 0 saturated heterocycles. The van der Waals surface area contributed by atoms with Gasteiger partial charge in [0.05, 0.1) is 13.7 Å². The zero-order valence-corrected chi connectivity index (χ0v) is 25.9. The molecule has 2 aliphatic rings. The summed E-state index contributed by atoms with van der Waals surface area (Å²) in [5.74, 6) is 2.32. The minimum absolute atomic E-state index is 0.547. The Hall–Kier alpha value is -3.99. The summed E-state index contributed by atoms with van der Waals surface area (Å²) >= 11 is 0. The van der Waals surface area contributed by atoms with Gasteiger partial charge in [-0.25, -0.2) is 0 Å². The van der Waals surface area contributed by atoms with Crippen LogP contribution in [0.1, 0.15) is 62.2 Å². The minimum atomic E-state index is -1.17. The number of aromatic nitrogens is 1. The summed E-state index contributed by atoms with van der Waals surface area (Å²) in [7, 11) is 1.70. The lowest BCUT2D eigenvalue weighted by molar-refractivity contribution is -0.334. The summed E-state index contributed by atoms with van der Waals surface area (Å²) < 4.78 is 16.2.